The lowest BCUT2D eigenvalue weighted by atomic mass is 9.88. The summed E-state index contributed by atoms with van der Waals surface area (Å²) in [7, 11) is 0. The first-order chi connectivity index (χ1) is 10.0. The summed E-state index contributed by atoms with van der Waals surface area (Å²) >= 11 is 0. The molecule has 1 rings (SSSR count). The zero-order chi connectivity index (χ0) is 15.7. The molecule has 1 atom stereocenters. The van der Waals surface area contributed by atoms with Gasteiger partial charge in [0, 0.05) is 19.6 Å². The lowest BCUT2D eigenvalue weighted by Crippen LogP contribution is -2.47. The minimum absolute atomic E-state index is 0.318. The fourth-order valence-electron chi connectivity index (χ4n) is 2.01. The molecule has 0 radical (unpaired) electrons. The van der Waals surface area contributed by atoms with Crippen molar-refractivity contribution < 1.29 is 14.3 Å². The highest BCUT2D eigenvalue weighted by Gasteiger charge is 2.37. The van der Waals surface area contributed by atoms with Crippen LogP contribution in [0.15, 0.2) is 30.3 Å². The second-order valence-corrected chi connectivity index (χ2v) is 5.60. The van der Waals surface area contributed by atoms with Crippen molar-refractivity contribution in [3.05, 3.63) is 35.9 Å². The van der Waals surface area contributed by atoms with Crippen molar-refractivity contribution >= 4 is 5.97 Å². The molecule has 4 heteroatoms. The van der Waals surface area contributed by atoms with Gasteiger partial charge in [-0.2, -0.15) is 0 Å². The van der Waals surface area contributed by atoms with Gasteiger partial charge in [0.2, 0.25) is 0 Å². The monoisotopic (exact) mass is 293 g/mol. The molecule has 1 aromatic carbocycles. The molecular formula is C17H27NO3. The zero-order valence-electron chi connectivity index (χ0n) is 13.3. The number of hydrogen-bond donors (Lipinski definition) is 1. The van der Waals surface area contributed by atoms with Crippen LogP contribution in [0.3, 0.4) is 0 Å². The highest BCUT2D eigenvalue weighted by Crippen LogP contribution is 2.24. The van der Waals surface area contributed by atoms with E-state index in [1.165, 1.54) is 0 Å². The number of benzene rings is 1. The predicted octanol–water partition coefficient (Wildman–Crippen LogP) is 2.86. The van der Waals surface area contributed by atoms with Gasteiger partial charge in [-0.3, -0.25) is 0 Å². The molecule has 0 fully saturated rings. The summed E-state index contributed by atoms with van der Waals surface area (Å²) < 4.78 is 10.7. The minimum atomic E-state index is -1.14. The first-order valence-corrected chi connectivity index (χ1v) is 7.60. The molecule has 118 valence electrons. The summed E-state index contributed by atoms with van der Waals surface area (Å²) in [6.45, 7) is 7.53. The van der Waals surface area contributed by atoms with Gasteiger partial charge in [-0.05, 0) is 24.8 Å². The summed E-state index contributed by atoms with van der Waals surface area (Å²) in [5.41, 5.74) is 5.95. The Morgan fingerprint density at radius 3 is 2.48 bits per heavy atom. The SMILES string of the molecule is CCOC(=O)C(N)(CCOCCC(C)C)c1ccccc1. The van der Waals surface area contributed by atoms with Gasteiger partial charge in [-0.25, -0.2) is 4.79 Å². The molecule has 0 saturated heterocycles. The van der Waals surface area contributed by atoms with Gasteiger partial charge in [0.1, 0.15) is 5.54 Å². The third kappa shape index (κ3) is 5.48. The molecule has 1 unspecified atom stereocenters. The Hall–Kier alpha value is -1.39. The fourth-order valence-corrected chi connectivity index (χ4v) is 2.01. The maximum absolute atomic E-state index is 12.2. The van der Waals surface area contributed by atoms with Gasteiger partial charge in [0.15, 0.2) is 0 Å². The van der Waals surface area contributed by atoms with E-state index in [9.17, 15) is 4.79 Å². The number of rotatable bonds is 9. The standard InChI is InChI=1S/C17H27NO3/c1-4-21-16(19)17(18,15-8-6-5-7-9-15)11-13-20-12-10-14(2)3/h5-9,14H,4,10-13,18H2,1-3H3. The smallest absolute Gasteiger partial charge is 0.330 e. The third-order valence-electron chi connectivity index (χ3n) is 3.41. The summed E-state index contributed by atoms with van der Waals surface area (Å²) in [5, 5.41) is 0. The largest absolute Gasteiger partial charge is 0.464 e. The lowest BCUT2D eigenvalue weighted by molar-refractivity contribution is -0.151. The maximum Gasteiger partial charge on any atom is 0.330 e. The van der Waals surface area contributed by atoms with Crippen LogP contribution in [0.25, 0.3) is 0 Å². The molecule has 0 aliphatic rings. The Kier molecular flexibility index (Phi) is 7.40. The van der Waals surface area contributed by atoms with E-state index in [1.54, 1.807) is 6.92 Å². The summed E-state index contributed by atoms with van der Waals surface area (Å²) in [6.07, 6.45) is 1.41. The predicted molar refractivity (Wildman–Crippen MR) is 83.8 cm³/mol. The lowest BCUT2D eigenvalue weighted by Gasteiger charge is -2.27. The maximum atomic E-state index is 12.2. The van der Waals surface area contributed by atoms with E-state index < -0.39 is 11.5 Å². The quantitative estimate of drug-likeness (QED) is 0.562. The van der Waals surface area contributed by atoms with Crippen molar-refractivity contribution in [3.8, 4) is 0 Å². The van der Waals surface area contributed by atoms with Crippen LogP contribution >= 0.6 is 0 Å². The van der Waals surface area contributed by atoms with Gasteiger partial charge >= 0.3 is 5.97 Å². The van der Waals surface area contributed by atoms with E-state index in [2.05, 4.69) is 13.8 Å². The van der Waals surface area contributed by atoms with Crippen LogP contribution in [-0.2, 0) is 19.8 Å². The Morgan fingerprint density at radius 2 is 1.90 bits per heavy atom. The molecular weight excluding hydrogens is 266 g/mol. The molecule has 0 bridgehead atoms. The number of hydrogen-bond acceptors (Lipinski definition) is 4. The highest BCUT2D eigenvalue weighted by atomic mass is 16.5. The molecule has 0 aliphatic carbocycles. The van der Waals surface area contributed by atoms with Crippen molar-refractivity contribution in [1.29, 1.82) is 0 Å². The average Bonchev–Trinajstić information content (AvgIpc) is 2.47. The second-order valence-electron chi connectivity index (χ2n) is 5.60. The van der Waals surface area contributed by atoms with Gasteiger partial charge in [0.25, 0.3) is 0 Å². The van der Waals surface area contributed by atoms with E-state index in [-0.39, 0.29) is 0 Å². The number of nitrogens with two attached hydrogens (primary N) is 1. The molecule has 0 aromatic heterocycles. The van der Waals surface area contributed by atoms with Crippen LogP contribution in [0.1, 0.15) is 39.2 Å². The Morgan fingerprint density at radius 1 is 1.24 bits per heavy atom. The van der Waals surface area contributed by atoms with Gasteiger partial charge < -0.3 is 15.2 Å². The molecule has 1 aromatic rings. The van der Waals surface area contributed by atoms with Crippen LogP contribution < -0.4 is 5.73 Å². The Labute approximate surface area is 127 Å². The topological polar surface area (TPSA) is 61.5 Å². The van der Waals surface area contributed by atoms with E-state index in [0.717, 1.165) is 12.0 Å². The fraction of sp³-hybridized carbons (Fsp3) is 0.588. The average molecular weight is 293 g/mol. The Balaban J connectivity index is 2.67. The van der Waals surface area contributed by atoms with Crippen LogP contribution in [-0.4, -0.2) is 25.8 Å². The van der Waals surface area contributed by atoms with E-state index >= 15 is 0 Å². The number of ether oxygens (including phenoxy) is 2. The zero-order valence-corrected chi connectivity index (χ0v) is 13.3. The number of carbonyl (C=O) groups is 1. The molecule has 4 nitrogen and oxygen atoms in total. The van der Waals surface area contributed by atoms with Gasteiger partial charge in [0.05, 0.1) is 6.61 Å². The van der Waals surface area contributed by atoms with Crippen LogP contribution in [0.5, 0.6) is 0 Å². The summed E-state index contributed by atoms with van der Waals surface area (Å²) in [6, 6.07) is 9.34. The first-order valence-electron chi connectivity index (χ1n) is 7.60. The van der Waals surface area contributed by atoms with Gasteiger partial charge in [-0.15, -0.1) is 0 Å². The molecule has 0 aliphatic heterocycles. The van der Waals surface area contributed by atoms with Crippen LogP contribution in [0, 0.1) is 5.92 Å². The Bertz CT molecular complexity index is 419. The van der Waals surface area contributed by atoms with Crippen LogP contribution in [0.2, 0.25) is 0 Å². The van der Waals surface area contributed by atoms with E-state index in [0.29, 0.717) is 32.2 Å². The molecule has 21 heavy (non-hydrogen) atoms. The number of carbonyl (C=O) groups excluding carboxylic acids is 1. The van der Waals surface area contributed by atoms with Crippen molar-refractivity contribution in [2.75, 3.05) is 19.8 Å². The van der Waals surface area contributed by atoms with Gasteiger partial charge in [-0.1, -0.05) is 44.2 Å². The first kappa shape index (κ1) is 17.7. The molecule has 0 spiro atoms. The molecule has 2 N–H and O–H groups in total. The summed E-state index contributed by atoms with van der Waals surface area (Å²) in [4.78, 5) is 12.2. The third-order valence-corrected chi connectivity index (χ3v) is 3.41. The van der Waals surface area contributed by atoms with E-state index in [1.807, 2.05) is 30.3 Å². The van der Waals surface area contributed by atoms with Crippen molar-refractivity contribution in [2.45, 2.75) is 39.2 Å². The van der Waals surface area contributed by atoms with Crippen LogP contribution in [0.4, 0.5) is 0 Å². The highest BCUT2D eigenvalue weighted by molar-refractivity contribution is 5.82. The molecule has 0 amide bonds. The minimum Gasteiger partial charge on any atom is -0.464 e. The van der Waals surface area contributed by atoms with Crippen molar-refractivity contribution in [2.24, 2.45) is 11.7 Å². The normalized spacial score (nSPS) is 14.0. The molecule has 0 saturated carbocycles. The second kappa shape index (κ2) is 8.80. The van der Waals surface area contributed by atoms with E-state index in [4.69, 9.17) is 15.2 Å². The number of esters is 1. The summed E-state index contributed by atoms with van der Waals surface area (Å²) in [5.74, 6) is 0.204. The van der Waals surface area contributed by atoms with Crippen molar-refractivity contribution in [3.63, 3.8) is 0 Å². The molecule has 0 heterocycles. The van der Waals surface area contributed by atoms with Crippen molar-refractivity contribution in [1.82, 2.24) is 0 Å².